The molecule has 0 radical (unpaired) electrons. The Kier molecular flexibility index (Phi) is 5.65. The summed E-state index contributed by atoms with van der Waals surface area (Å²) in [5.74, 6) is 0.544. The van der Waals surface area contributed by atoms with Gasteiger partial charge in [0.2, 0.25) is 0 Å². The van der Waals surface area contributed by atoms with Crippen LogP contribution in [-0.4, -0.2) is 38.6 Å². The zero-order valence-corrected chi connectivity index (χ0v) is 11.5. The number of carbonyl (C=O) groups excluding carboxylic acids is 1. The topological polar surface area (TPSA) is 38.8 Å². The second kappa shape index (κ2) is 7.01. The minimum absolute atomic E-state index is 0.198. The second-order valence-electron chi connectivity index (χ2n) is 4.46. The first-order chi connectivity index (χ1) is 8.52. The molecule has 0 aliphatic rings. The third kappa shape index (κ3) is 4.75. The SMILES string of the molecule is COc1ccc([C@H](CCN(C)C)OC(C)=O)cc1. The number of carbonyl (C=O) groups is 1. The van der Waals surface area contributed by atoms with E-state index in [1.807, 2.05) is 38.4 Å². The maximum Gasteiger partial charge on any atom is 0.303 e. The van der Waals surface area contributed by atoms with Crippen molar-refractivity contribution in [3.8, 4) is 5.75 Å². The molecule has 1 aromatic carbocycles. The fourth-order valence-electron chi connectivity index (χ4n) is 1.69. The molecule has 0 aromatic heterocycles. The van der Waals surface area contributed by atoms with Crippen LogP contribution in [0.5, 0.6) is 5.75 Å². The van der Waals surface area contributed by atoms with Gasteiger partial charge in [-0.05, 0) is 31.8 Å². The first-order valence-electron chi connectivity index (χ1n) is 5.99. The minimum Gasteiger partial charge on any atom is -0.497 e. The number of esters is 1. The zero-order chi connectivity index (χ0) is 13.5. The first kappa shape index (κ1) is 14.5. The van der Waals surface area contributed by atoms with Gasteiger partial charge in [0.25, 0.3) is 0 Å². The van der Waals surface area contributed by atoms with Crippen molar-refractivity contribution in [3.63, 3.8) is 0 Å². The molecule has 0 saturated heterocycles. The quantitative estimate of drug-likeness (QED) is 0.727. The molecule has 0 unspecified atom stereocenters. The molecule has 0 aliphatic carbocycles. The molecule has 0 amide bonds. The lowest BCUT2D eigenvalue weighted by atomic mass is 10.1. The molecule has 1 rings (SSSR count). The first-order valence-corrected chi connectivity index (χ1v) is 5.99. The summed E-state index contributed by atoms with van der Waals surface area (Å²) in [5, 5.41) is 0. The number of nitrogens with zero attached hydrogens (tertiary/aromatic N) is 1. The van der Waals surface area contributed by atoms with Crippen LogP contribution in [-0.2, 0) is 9.53 Å². The van der Waals surface area contributed by atoms with E-state index in [0.717, 1.165) is 24.3 Å². The summed E-state index contributed by atoms with van der Waals surface area (Å²) in [6.07, 6.45) is 0.578. The highest BCUT2D eigenvalue weighted by atomic mass is 16.5. The van der Waals surface area contributed by atoms with Gasteiger partial charge in [-0.15, -0.1) is 0 Å². The molecule has 18 heavy (non-hydrogen) atoms. The Balaban J connectivity index is 2.76. The molecule has 4 nitrogen and oxygen atoms in total. The molecule has 1 aromatic rings. The Morgan fingerprint density at radius 1 is 1.28 bits per heavy atom. The third-order valence-corrected chi connectivity index (χ3v) is 2.63. The van der Waals surface area contributed by atoms with Crippen molar-refractivity contribution in [3.05, 3.63) is 29.8 Å². The lowest BCUT2D eigenvalue weighted by Crippen LogP contribution is -2.18. The summed E-state index contributed by atoms with van der Waals surface area (Å²) in [7, 11) is 5.63. The number of rotatable bonds is 6. The van der Waals surface area contributed by atoms with E-state index in [2.05, 4.69) is 4.90 Å². The molecular formula is C14H21NO3. The van der Waals surface area contributed by atoms with Crippen LogP contribution in [0.2, 0.25) is 0 Å². The van der Waals surface area contributed by atoms with Gasteiger partial charge in [0, 0.05) is 19.9 Å². The summed E-state index contributed by atoms with van der Waals surface area (Å²) in [5.41, 5.74) is 0.993. The Hall–Kier alpha value is -1.55. The Labute approximate surface area is 108 Å². The average molecular weight is 251 g/mol. The predicted molar refractivity (Wildman–Crippen MR) is 70.7 cm³/mol. The van der Waals surface area contributed by atoms with Crippen molar-refractivity contribution in [1.29, 1.82) is 0 Å². The molecule has 1 atom stereocenters. The summed E-state index contributed by atoms with van der Waals surface area (Å²) < 4.78 is 10.5. The highest BCUT2D eigenvalue weighted by Crippen LogP contribution is 2.24. The lowest BCUT2D eigenvalue weighted by molar-refractivity contribution is -0.147. The van der Waals surface area contributed by atoms with Gasteiger partial charge in [0.15, 0.2) is 0 Å². The fourth-order valence-corrected chi connectivity index (χ4v) is 1.69. The smallest absolute Gasteiger partial charge is 0.303 e. The Bertz CT molecular complexity index is 373. The predicted octanol–water partition coefficient (Wildman–Crippen LogP) is 2.25. The van der Waals surface area contributed by atoms with Gasteiger partial charge in [0.05, 0.1) is 7.11 Å². The van der Waals surface area contributed by atoms with Crippen molar-refractivity contribution >= 4 is 5.97 Å². The minimum atomic E-state index is -0.255. The van der Waals surface area contributed by atoms with Crippen molar-refractivity contribution in [1.82, 2.24) is 4.90 Å². The third-order valence-electron chi connectivity index (χ3n) is 2.63. The molecule has 4 heteroatoms. The normalized spacial score (nSPS) is 12.3. The van der Waals surface area contributed by atoms with Crippen LogP contribution in [0.1, 0.15) is 25.0 Å². The molecule has 0 N–H and O–H groups in total. The van der Waals surface area contributed by atoms with E-state index in [4.69, 9.17) is 9.47 Å². The van der Waals surface area contributed by atoms with E-state index in [0.29, 0.717) is 0 Å². The molecule has 0 fully saturated rings. The van der Waals surface area contributed by atoms with Crippen LogP contribution in [0.4, 0.5) is 0 Å². The molecule has 0 spiro atoms. The summed E-state index contributed by atoms with van der Waals surface area (Å²) >= 11 is 0. The summed E-state index contributed by atoms with van der Waals surface area (Å²) in [6.45, 7) is 2.30. The van der Waals surface area contributed by atoms with Gasteiger partial charge >= 0.3 is 5.97 Å². The van der Waals surface area contributed by atoms with Crippen LogP contribution in [0.25, 0.3) is 0 Å². The summed E-state index contributed by atoms with van der Waals surface area (Å²) in [4.78, 5) is 13.2. The highest BCUT2D eigenvalue weighted by Gasteiger charge is 2.15. The number of hydrogen-bond acceptors (Lipinski definition) is 4. The van der Waals surface area contributed by atoms with Crippen molar-refractivity contribution in [2.75, 3.05) is 27.7 Å². The van der Waals surface area contributed by atoms with Gasteiger partial charge in [0.1, 0.15) is 11.9 Å². The Morgan fingerprint density at radius 3 is 2.33 bits per heavy atom. The van der Waals surface area contributed by atoms with Crippen LogP contribution >= 0.6 is 0 Å². The van der Waals surface area contributed by atoms with Crippen LogP contribution in [0, 0.1) is 0 Å². The van der Waals surface area contributed by atoms with Crippen LogP contribution in [0.3, 0.4) is 0 Å². The summed E-state index contributed by atoms with van der Waals surface area (Å²) in [6, 6.07) is 7.62. The Morgan fingerprint density at radius 2 is 1.89 bits per heavy atom. The fraction of sp³-hybridized carbons (Fsp3) is 0.500. The van der Waals surface area contributed by atoms with Crippen molar-refractivity contribution in [2.24, 2.45) is 0 Å². The molecule has 0 saturated carbocycles. The van der Waals surface area contributed by atoms with Crippen molar-refractivity contribution in [2.45, 2.75) is 19.4 Å². The standard InChI is InChI=1S/C14H21NO3/c1-11(16)18-14(9-10-15(2)3)12-5-7-13(17-4)8-6-12/h5-8,14H,9-10H2,1-4H3/t14-/m0/s1. The number of ether oxygens (including phenoxy) is 2. The van der Waals surface area contributed by atoms with Crippen LogP contribution < -0.4 is 4.74 Å². The number of benzene rings is 1. The van der Waals surface area contributed by atoms with Gasteiger partial charge in [-0.3, -0.25) is 4.79 Å². The molecule has 0 heterocycles. The molecule has 100 valence electrons. The van der Waals surface area contributed by atoms with E-state index >= 15 is 0 Å². The van der Waals surface area contributed by atoms with Gasteiger partial charge < -0.3 is 14.4 Å². The van der Waals surface area contributed by atoms with Gasteiger partial charge in [-0.25, -0.2) is 0 Å². The van der Waals surface area contributed by atoms with E-state index in [9.17, 15) is 4.79 Å². The maximum absolute atomic E-state index is 11.1. The highest BCUT2D eigenvalue weighted by molar-refractivity contribution is 5.66. The number of hydrogen-bond donors (Lipinski definition) is 0. The van der Waals surface area contributed by atoms with E-state index in [-0.39, 0.29) is 12.1 Å². The van der Waals surface area contributed by atoms with Gasteiger partial charge in [-0.2, -0.15) is 0 Å². The average Bonchev–Trinajstić information content (AvgIpc) is 2.34. The van der Waals surface area contributed by atoms with E-state index < -0.39 is 0 Å². The monoisotopic (exact) mass is 251 g/mol. The largest absolute Gasteiger partial charge is 0.497 e. The van der Waals surface area contributed by atoms with Gasteiger partial charge in [-0.1, -0.05) is 12.1 Å². The zero-order valence-electron chi connectivity index (χ0n) is 11.5. The number of methoxy groups -OCH3 is 1. The molecule has 0 aliphatic heterocycles. The van der Waals surface area contributed by atoms with Crippen molar-refractivity contribution < 1.29 is 14.3 Å². The maximum atomic E-state index is 11.1. The second-order valence-corrected chi connectivity index (χ2v) is 4.46. The van der Waals surface area contributed by atoms with E-state index in [1.54, 1.807) is 7.11 Å². The molecule has 0 bridgehead atoms. The van der Waals surface area contributed by atoms with E-state index in [1.165, 1.54) is 6.92 Å². The molecular weight excluding hydrogens is 230 g/mol. The van der Waals surface area contributed by atoms with Crippen LogP contribution in [0.15, 0.2) is 24.3 Å². The lowest BCUT2D eigenvalue weighted by Gasteiger charge is -2.19.